The Kier molecular flexibility index (Phi) is 6.37. The van der Waals surface area contributed by atoms with E-state index in [2.05, 4.69) is 11.8 Å². The third-order valence-corrected chi connectivity index (χ3v) is 5.07. The van der Waals surface area contributed by atoms with Crippen molar-refractivity contribution in [2.24, 2.45) is 5.73 Å². The predicted octanol–water partition coefficient (Wildman–Crippen LogP) is 0.697. The lowest BCUT2D eigenvalue weighted by atomic mass is 10.1. The number of hydrogen-bond donors (Lipinski definition) is 2. The number of benzene rings is 1. The zero-order chi connectivity index (χ0) is 16.0. The minimum absolute atomic E-state index is 0.226. The fourth-order valence-corrected chi connectivity index (χ4v) is 3.20. The smallest absolute Gasteiger partial charge is 0.243 e. The molecule has 1 unspecified atom stereocenters. The van der Waals surface area contributed by atoms with E-state index in [1.165, 1.54) is 11.4 Å². The van der Waals surface area contributed by atoms with Crippen molar-refractivity contribution in [3.05, 3.63) is 29.3 Å². The van der Waals surface area contributed by atoms with Crippen LogP contribution in [0.5, 0.6) is 0 Å². The molecule has 5 nitrogen and oxygen atoms in total. The Labute approximate surface area is 126 Å². The first kappa shape index (κ1) is 17.7. The molecule has 0 aromatic heterocycles. The number of nitrogens with two attached hydrogens (primary N) is 1. The van der Waals surface area contributed by atoms with Crippen molar-refractivity contribution < 1.29 is 13.5 Å². The summed E-state index contributed by atoms with van der Waals surface area (Å²) in [7, 11) is -2.08. The van der Waals surface area contributed by atoms with E-state index in [1.807, 2.05) is 0 Å². The SMILES string of the molecule is Cc1ccc(C#CCN)cc1S(=O)(=O)N(C)CCC(C)O. The van der Waals surface area contributed by atoms with Gasteiger partial charge in [0, 0.05) is 19.2 Å². The maximum Gasteiger partial charge on any atom is 0.243 e. The van der Waals surface area contributed by atoms with Gasteiger partial charge in [-0.3, -0.25) is 0 Å². The van der Waals surface area contributed by atoms with Crippen LogP contribution >= 0.6 is 0 Å². The normalized spacial score (nSPS) is 12.9. The van der Waals surface area contributed by atoms with Gasteiger partial charge in [-0.2, -0.15) is 0 Å². The summed E-state index contributed by atoms with van der Waals surface area (Å²) < 4.78 is 26.4. The van der Waals surface area contributed by atoms with Crippen LogP contribution in [0.25, 0.3) is 0 Å². The Balaban J connectivity index is 3.12. The van der Waals surface area contributed by atoms with Gasteiger partial charge in [-0.05, 0) is 38.0 Å². The molecule has 0 radical (unpaired) electrons. The largest absolute Gasteiger partial charge is 0.393 e. The molecule has 0 aliphatic carbocycles. The third-order valence-electron chi connectivity index (χ3n) is 3.07. The zero-order valence-corrected chi connectivity index (χ0v) is 13.4. The molecule has 0 fully saturated rings. The van der Waals surface area contributed by atoms with Gasteiger partial charge in [-0.15, -0.1) is 0 Å². The topological polar surface area (TPSA) is 83.6 Å². The maximum absolute atomic E-state index is 12.6. The molecule has 116 valence electrons. The number of nitrogens with zero attached hydrogens (tertiary/aromatic N) is 1. The van der Waals surface area contributed by atoms with Gasteiger partial charge in [0.25, 0.3) is 0 Å². The van der Waals surface area contributed by atoms with E-state index < -0.39 is 16.1 Å². The van der Waals surface area contributed by atoms with Gasteiger partial charge in [0.1, 0.15) is 0 Å². The monoisotopic (exact) mass is 310 g/mol. The average Bonchev–Trinajstić information content (AvgIpc) is 2.43. The highest BCUT2D eigenvalue weighted by atomic mass is 32.2. The van der Waals surface area contributed by atoms with E-state index >= 15 is 0 Å². The molecule has 1 aromatic carbocycles. The maximum atomic E-state index is 12.6. The summed E-state index contributed by atoms with van der Waals surface area (Å²) in [6.45, 7) is 3.87. The minimum Gasteiger partial charge on any atom is -0.393 e. The molecule has 6 heteroatoms. The number of hydrogen-bond acceptors (Lipinski definition) is 4. The zero-order valence-electron chi connectivity index (χ0n) is 12.6. The Bertz CT molecular complexity index is 643. The van der Waals surface area contributed by atoms with Crippen LogP contribution in [0.4, 0.5) is 0 Å². The minimum atomic E-state index is -3.59. The van der Waals surface area contributed by atoms with E-state index in [4.69, 9.17) is 5.73 Å². The van der Waals surface area contributed by atoms with Gasteiger partial charge >= 0.3 is 0 Å². The molecule has 0 saturated heterocycles. The molecular weight excluding hydrogens is 288 g/mol. The first-order valence-electron chi connectivity index (χ1n) is 6.73. The van der Waals surface area contributed by atoms with Crippen LogP contribution in [0.3, 0.4) is 0 Å². The van der Waals surface area contributed by atoms with E-state index in [-0.39, 0.29) is 18.0 Å². The van der Waals surface area contributed by atoms with Crippen LogP contribution in [-0.2, 0) is 10.0 Å². The summed E-state index contributed by atoms with van der Waals surface area (Å²) in [6, 6.07) is 5.06. The molecule has 0 heterocycles. The van der Waals surface area contributed by atoms with Crippen molar-refractivity contribution in [2.75, 3.05) is 20.1 Å². The number of aliphatic hydroxyl groups excluding tert-OH is 1. The Morgan fingerprint density at radius 2 is 2.10 bits per heavy atom. The van der Waals surface area contributed by atoms with Crippen LogP contribution in [0.1, 0.15) is 24.5 Å². The van der Waals surface area contributed by atoms with Gasteiger partial charge in [0.15, 0.2) is 0 Å². The quantitative estimate of drug-likeness (QED) is 0.784. The van der Waals surface area contributed by atoms with Gasteiger partial charge in [0.05, 0.1) is 17.5 Å². The van der Waals surface area contributed by atoms with Crippen molar-refractivity contribution in [1.82, 2.24) is 4.31 Å². The second-order valence-electron chi connectivity index (χ2n) is 4.95. The Morgan fingerprint density at radius 3 is 2.67 bits per heavy atom. The average molecular weight is 310 g/mol. The molecule has 1 rings (SSSR count). The van der Waals surface area contributed by atoms with E-state index in [9.17, 15) is 13.5 Å². The van der Waals surface area contributed by atoms with Crippen LogP contribution in [0.15, 0.2) is 23.1 Å². The summed E-state index contributed by atoms with van der Waals surface area (Å²) in [5, 5.41) is 9.28. The second-order valence-corrected chi connectivity index (χ2v) is 6.96. The van der Waals surface area contributed by atoms with Gasteiger partial charge in [-0.1, -0.05) is 17.9 Å². The summed E-state index contributed by atoms with van der Waals surface area (Å²) in [5.41, 5.74) is 6.61. The van der Waals surface area contributed by atoms with Crippen LogP contribution in [0.2, 0.25) is 0 Å². The summed E-state index contributed by atoms with van der Waals surface area (Å²) >= 11 is 0. The summed E-state index contributed by atoms with van der Waals surface area (Å²) in [5.74, 6) is 5.54. The van der Waals surface area contributed by atoms with Crippen LogP contribution in [-0.4, -0.2) is 44.1 Å². The lowest BCUT2D eigenvalue weighted by molar-refractivity contribution is 0.177. The molecule has 21 heavy (non-hydrogen) atoms. The standard InChI is InChI=1S/C15H22N2O3S/c1-12-6-7-14(5-4-9-16)11-15(12)21(19,20)17(3)10-8-13(2)18/h6-7,11,13,18H,8-10,16H2,1-3H3. The summed E-state index contributed by atoms with van der Waals surface area (Å²) in [6.07, 6.45) is -0.146. The Hall–Kier alpha value is -1.39. The van der Waals surface area contributed by atoms with Gasteiger partial charge in [-0.25, -0.2) is 12.7 Å². The lowest BCUT2D eigenvalue weighted by Gasteiger charge is -2.19. The van der Waals surface area contributed by atoms with E-state index in [0.29, 0.717) is 17.5 Å². The molecule has 0 saturated carbocycles. The molecule has 0 spiro atoms. The van der Waals surface area contributed by atoms with Crippen molar-refractivity contribution in [3.63, 3.8) is 0 Å². The Morgan fingerprint density at radius 1 is 1.43 bits per heavy atom. The number of rotatable bonds is 5. The fourth-order valence-electron chi connectivity index (χ4n) is 1.77. The number of sulfonamides is 1. The molecule has 3 N–H and O–H groups in total. The van der Waals surface area contributed by atoms with Crippen molar-refractivity contribution in [3.8, 4) is 11.8 Å². The van der Waals surface area contributed by atoms with Crippen LogP contribution < -0.4 is 5.73 Å². The molecule has 0 bridgehead atoms. The molecule has 0 aliphatic heterocycles. The highest BCUT2D eigenvalue weighted by Crippen LogP contribution is 2.20. The number of aliphatic hydroxyl groups is 1. The van der Waals surface area contributed by atoms with Gasteiger partial charge in [0.2, 0.25) is 10.0 Å². The molecule has 1 atom stereocenters. The van der Waals surface area contributed by atoms with Crippen molar-refractivity contribution in [2.45, 2.75) is 31.3 Å². The fraction of sp³-hybridized carbons (Fsp3) is 0.467. The highest BCUT2D eigenvalue weighted by Gasteiger charge is 2.23. The van der Waals surface area contributed by atoms with E-state index in [0.717, 1.165) is 0 Å². The second kappa shape index (κ2) is 7.57. The van der Waals surface area contributed by atoms with Crippen LogP contribution in [0, 0.1) is 18.8 Å². The highest BCUT2D eigenvalue weighted by molar-refractivity contribution is 7.89. The molecule has 0 amide bonds. The van der Waals surface area contributed by atoms with Crippen molar-refractivity contribution in [1.29, 1.82) is 0 Å². The molecule has 0 aliphatic rings. The number of aryl methyl sites for hydroxylation is 1. The third kappa shape index (κ3) is 4.83. The lowest BCUT2D eigenvalue weighted by Crippen LogP contribution is -2.30. The van der Waals surface area contributed by atoms with Crippen molar-refractivity contribution >= 4 is 10.0 Å². The summed E-state index contributed by atoms with van der Waals surface area (Å²) in [4.78, 5) is 0.236. The first-order chi connectivity index (χ1) is 9.78. The first-order valence-corrected chi connectivity index (χ1v) is 8.17. The molecule has 1 aromatic rings. The predicted molar refractivity (Wildman–Crippen MR) is 83.2 cm³/mol. The van der Waals surface area contributed by atoms with E-state index in [1.54, 1.807) is 32.0 Å². The van der Waals surface area contributed by atoms with Gasteiger partial charge < -0.3 is 10.8 Å². The molecular formula is C15H22N2O3S.